The molecule has 0 aliphatic carbocycles. The number of benzene rings is 1. The summed E-state index contributed by atoms with van der Waals surface area (Å²) < 4.78 is 29.0. The lowest BCUT2D eigenvalue weighted by molar-refractivity contribution is -0.0505. The van der Waals surface area contributed by atoms with Crippen molar-refractivity contribution in [2.24, 2.45) is 0 Å². The molecule has 2 aromatic rings. The second kappa shape index (κ2) is 6.49. The van der Waals surface area contributed by atoms with Gasteiger partial charge >= 0.3 is 6.61 Å². The lowest BCUT2D eigenvalue weighted by atomic mass is 10.2. The van der Waals surface area contributed by atoms with Crippen LogP contribution in [0.5, 0.6) is 5.75 Å². The molecule has 19 heavy (non-hydrogen) atoms. The first-order chi connectivity index (χ1) is 9.15. The second-order valence-electron chi connectivity index (χ2n) is 3.82. The molecule has 0 bridgehead atoms. The Kier molecular flexibility index (Phi) is 4.70. The summed E-state index contributed by atoms with van der Waals surface area (Å²) in [5.74, 6) is 0.122. The highest BCUT2D eigenvalue weighted by atomic mass is 35.5. The van der Waals surface area contributed by atoms with Gasteiger partial charge in [0.15, 0.2) is 0 Å². The molecule has 0 radical (unpaired) electrons. The molecule has 0 unspecified atom stereocenters. The number of alkyl halides is 2. The minimum absolute atomic E-state index is 0.122. The van der Waals surface area contributed by atoms with Crippen LogP contribution in [0.3, 0.4) is 0 Å². The van der Waals surface area contributed by atoms with Crippen LogP contribution in [-0.4, -0.2) is 16.8 Å². The van der Waals surface area contributed by atoms with E-state index in [-0.39, 0.29) is 5.75 Å². The van der Waals surface area contributed by atoms with E-state index in [0.717, 1.165) is 5.69 Å². The van der Waals surface area contributed by atoms with Crippen LogP contribution in [0, 0.1) is 0 Å². The fraction of sp³-hybridized carbons (Fsp3) is 0.250. The average Bonchev–Trinajstić information content (AvgIpc) is 2.85. The number of ether oxygens (including phenoxy) is 1. The van der Waals surface area contributed by atoms with Crippen molar-refractivity contribution in [1.29, 1.82) is 0 Å². The summed E-state index contributed by atoms with van der Waals surface area (Å²) in [6, 6.07) is 6.36. The molecule has 0 amide bonds. The monoisotopic (exact) mass is 287 g/mol. The smallest absolute Gasteiger partial charge is 0.387 e. The Balaban J connectivity index is 1.99. The molecule has 0 spiro atoms. The molecule has 102 valence electrons. The summed E-state index contributed by atoms with van der Waals surface area (Å²) in [4.78, 5) is 0. The molecule has 0 fully saturated rings. The molecule has 1 aromatic heterocycles. The summed E-state index contributed by atoms with van der Waals surface area (Å²) in [6.45, 7) is -1.95. The molecule has 0 aliphatic rings. The summed E-state index contributed by atoms with van der Waals surface area (Å²) in [7, 11) is 0. The molecule has 1 aromatic carbocycles. The number of rotatable bonds is 6. The van der Waals surface area contributed by atoms with Crippen molar-refractivity contribution in [2.75, 3.05) is 0 Å². The van der Waals surface area contributed by atoms with Gasteiger partial charge in [0.2, 0.25) is 0 Å². The molecule has 2 N–H and O–H groups in total. The summed E-state index contributed by atoms with van der Waals surface area (Å²) >= 11 is 5.84. The Morgan fingerprint density at radius 3 is 2.84 bits per heavy atom. The predicted octanol–water partition coefficient (Wildman–Crippen LogP) is 2.95. The zero-order valence-electron chi connectivity index (χ0n) is 9.87. The maximum atomic E-state index is 12.3. The number of H-pyrrole nitrogens is 1. The normalized spacial score (nSPS) is 10.9. The van der Waals surface area contributed by atoms with E-state index in [1.54, 1.807) is 12.3 Å². The maximum absolute atomic E-state index is 12.3. The van der Waals surface area contributed by atoms with Crippen LogP contribution in [0.4, 0.5) is 8.78 Å². The van der Waals surface area contributed by atoms with Crippen LogP contribution in [0.15, 0.2) is 30.5 Å². The van der Waals surface area contributed by atoms with Crippen LogP contribution in [0.2, 0.25) is 5.02 Å². The quantitative estimate of drug-likeness (QED) is 0.859. The van der Waals surface area contributed by atoms with Gasteiger partial charge in [-0.2, -0.15) is 13.9 Å². The average molecular weight is 288 g/mol. The molecule has 4 nitrogen and oxygen atoms in total. The SMILES string of the molecule is FC(F)Oc1ccc(Cl)cc1CNCc1ccn[nH]1. The molecular formula is C12H12ClF2N3O. The molecule has 1 heterocycles. The van der Waals surface area contributed by atoms with E-state index < -0.39 is 6.61 Å². The molecule has 0 aliphatic heterocycles. The van der Waals surface area contributed by atoms with Gasteiger partial charge in [0.25, 0.3) is 0 Å². The van der Waals surface area contributed by atoms with Gasteiger partial charge in [0, 0.05) is 35.6 Å². The Hall–Kier alpha value is -1.66. The first-order valence-electron chi connectivity index (χ1n) is 5.57. The topological polar surface area (TPSA) is 49.9 Å². The first-order valence-corrected chi connectivity index (χ1v) is 5.95. The number of nitrogens with one attached hydrogen (secondary N) is 2. The Morgan fingerprint density at radius 2 is 2.16 bits per heavy atom. The van der Waals surface area contributed by atoms with E-state index in [9.17, 15) is 8.78 Å². The van der Waals surface area contributed by atoms with Gasteiger partial charge in [0.05, 0.1) is 0 Å². The summed E-state index contributed by atoms with van der Waals surface area (Å²) in [5, 5.41) is 10.2. The third-order valence-corrected chi connectivity index (χ3v) is 2.66. The highest BCUT2D eigenvalue weighted by molar-refractivity contribution is 6.30. The Labute approximate surface area is 113 Å². The first kappa shape index (κ1) is 13.8. The molecule has 7 heteroatoms. The van der Waals surface area contributed by atoms with E-state index in [4.69, 9.17) is 11.6 Å². The van der Waals surface area contributed by atoms with Crippen LogP contribution in [0.25, 0.3) is 0 Å². The van der Waals surface area contributed by atoms with E-state index in [2.05, 4.69) is 20.3 Å². The molecule has 0 saturated heterocycles. The Morgan fingerprint density at radius 1 is 1.32 bits per heavy atom. The van der Waals surface area contributed by atoms with Crippen molar-refractivity contribution in [1.82, 2.24) is 15.5 Å². The molecule has 0 saturated carbocycles. The van der Waals surface area contributed by atoms with Crippen molar-refractivity contribution in [3.63, 3.8) is 0 Å². The minimum atomic E-state index is -2.85. The van der Waals surface area contributed by atoms with Crippen LogP contribution in [0.1, 0.15) is 11.3 Å². The second-order valence-corrected chi connectivity index (χ2v) is 4.25. The van der Waals surface area contributed by atoms with Gasteiger partial charge in [-0.3, -0.25) is 5.10 Å². The Bertz CT molecular complexity index is 520. The minimum Gasteiger partial charge on any atom is -0.434 e. The van der Waals surface area contributed by atoms with Crippen molar-refractivity contribution in [2.45, 2.75) is 19.7 Å². The maximum Gasteiger partial charge on any atom is 0.387 e. The van der Waals surface area contributed by atoms with Gasteiger partial charge in [-0.05, 0) is 24.3 Å². The highest BCUT2D eigenvalue weighted by Gasteiger charge is 2.10. The van der Waals surface area contributed by atoms with Crippen LogP contribution < -0.4 is 10.1 Å². The third kappa shape index (κ3) is 4.18. The van der Waals surface area contributed by atoms with Gasteiger partial charge in [-0.1, -0.05) is 11.6 Å². The van der Waals surface area contributed by atoms with Crippen LogP contribution >= 0.6 is 11.6 Å². The lowest BCUT2D eigenvalue weighted by Crippen LogP contribution is -2.14. The number of aromatic nitrogens is 2. The van der Waals surface area contributed by atoms with E-state index in [1.165, 1.54) is 12.1 Å². The van der Waals surface area contributed by atoms with Crippen molar-refractivity contribution in [3.8, 4) is 5.75 Å². The van der Waals surface area contributed by atoms with Crippen molar-refractivity contribution >= 4 is 11.6 Å². The van der Waals surface area contributed by atoms with Gasteiger partial charge in [-0.25, -0.2) is 0 Å². The molecule has 0 atom stereocenters. The summed E-state index contributed by atoms with van der Waals surface area (Å²) in [6.07, 6.45) is 1.64. The van der Waals surface area contributed by atoms with E-state index >= 15 is 0 Å². The van der Waals surface area contributed by atoms with Gasteiger partial charge in [-0.15, -0.1) is 0 Å². The highest BCUT2D eigenvalue weighted by Crippen LogP contribution is 2.24. The predicted molar refractivity (Wildman–Crippen MR) is 67.2 cm³/mol. The van der Waals surface area contributed by atoms with E-state index in [1.807, 2.05) is 6.07 Å². The number of aromatic amines is 1. The third-order valence-electron chi connectivity index (χ3n) is 2.43. The summed E-state index contributed by atoms with van der Waals surface area (Å²) in [5.41, 5.74) is 1.48. The van der Waals surface area contributed by atoms with E-state index in [0.29, 0.717) is 23.7 Å². The number of hydrogen-bond donors (Lipinski definition) is 2. The number of nitrogens with zero attached hydrogens (tertiary/aromatic N) is 1. The zero-order valence-corrected chi connectivity index (χ0v) is 10.6. The fourth-order valence-electron chi connectivity index (χ4n) is 1.61. The number of hydrogen-bond acceptors (Lipinski definition) is 3. The zero-order chi connectivity index (χ0) is 13.7. The fourth-order valence-corrected chi connectivity index (χ4v) is 1.81. The number of halogens is 3. The molecular weight excluding hydrogens is 276 g/mol. The largest absolute Gasteiger partial charge is 0.434 e. The van der Waals surface area contributed by atoms with Crippen LogP contribution in [-0.2, 0) is 13.1 Å². The standard InChI is InChI=1S/C12H12ClF2N3O/c13-9-1-2-11(19-12(14)15)8(5-9)6-16-7-10-3-4-17-18-10/h1-5,12,16H,6-7H2,(H,17,18). The van der Waals surface area contributed by atoms with Gasteiger partial charge in [0.1, 0.15) is 5.75 Å². The molecule has 2 rings (SSSR count). The lowest BCUT2D eigenvalue weighted by Gasteiger charge is -2.11. The van der Waals surface area contributed by atoms with Crippen molar-refractivity contribution in [3.05, 3.63) is 46.7 Å². The van der Waals surface area contributed by atoms with Gasteiger partial charge < -0.3 is 10.1 Å². The van der Waals surface area contributed by atoms with Crippen molar-refractivity contribution < 1.29 is 13.5 Å².